The summed E-state index contributed by atoms with van der Waals surface area (Å²) in [6.45, 7) is 4.24. The van der Waals surface area contributed by atoms with Gasteiger partial charge in [-0.15, -0.1) is 0 Å². The van der Waals surface area contributed by atoms with Crippen molar-refractivity contribution in [3.63, 3.8) is 0 Å². The van der Waals surface area contributed by atoms with Crippen LogP contribution in [0.1, 0.15) is 12.0 Å². The fourth-order valence-corrected chi connectivity index (χ4v) is 3.19. The minimum absolute atomic E-state index is 0.694. The third-order valence-corrected chi connectivity index (χ3v) is 4.29. The molecule has 112 valence electrons. The first-order valence-corrected chi connectivity index (χ1v) is 7.56. The van der Waals surface area contributed by atoms with Crippen molar-refractivity contribution in [2.45, 2.75) is 13.0 Å². The van der Waals surface area contributed by atoms with Crippen LogP contribution in [0, 0.1) is 5.92 Å². The number of rotatable bonds is 5. The number of likely N-dealkylation sites (tertiary alicyclic amines) is 1. The van der Waals surface area contributed by atoms with Crippen molar-refractivity contribution in [1.82, 2.24) is 4.90 Å². The van der Waals surface area contributed by atoms with Crippen LogP contribution in [-0.4, -0.2) is 38.8 Å². The summed E-state index contributed by atoms with van der Waals surface area (Å²) in [6.07, 6.45) is 1.25. The van der Waals surface area contributed by atoms with E-state index >= 15 is 0 Å². The summed E-state index contributed by atoms with van der Waals surface area (Å²) in [5.74, 6) is 1.61. The number of hydrogen-bond donors (Lipinski definition) is 0. The summed E-state index contributed by atoms with van der Waals surface area (Å²) in [7, 11) is 3.50. The second kappa shape index (κ2) is 6.46. The molecule has 0 spiro atoms. The predicted octanol–water partition coefficient (Wildman–Crippen LogP) is 3.32. The average molecular weight is 285 g/mol. The van der Waals surface area contributed by atoms with Crippen LogP contribution < -0.4 is 4.74 Å². The summed E-state index contributed by atoms with van der Waals surface area (Å²) in [6, 6.07) is 13.0. The molecule has 0 radical (unpaired) electrons. The van der Waals surface area contributed by atoms with Crippen molar-refractivity contribution < 1.29 is 9.47 Å². The summed E-state index contributed by atoms with van der Waals surface area (Å²) >= 11 is 0. The summed E-state index contributed by atoms with van der Waals surface area (Å²) in [5, 5.41) is 2.51. The van der Waals surface area contributed by atoms with Gasteiger partial charge in [-0.05, 0) is 53.4 Å². The molecule has 0 aromatic heterocycles. The highest BCUT2D eigenvalue weighted by molar-refractivity contribution is 5.84. The molecule has 2 aromatic rings. The van der Waals surface area contributed by atoms with Crippen LogP contribution in [0.15, 0.2) is 36.4 Å². The first kappa shape index (κ1) is 14.4. The summed E-state index contributed by atoms with van der Waals surface area (Å²) in [4.78, 5) is 2.52. The van der Waals surface area contributed by atoms with Gasteiger partial charge < -0.3 is 9.47 Å². The molecule has 1 heterocycles. The van der Waals surface area contributed by atoms with Crippen LogP contribution in [0.5, 0.6) is 5.75 Å². The van der Waals surface area contributed by atoms with Gasteiger partial charge in [0, 0.05) is 20.2 Å². The zero-order chi connectivity index (χ0) is 14.7. The van der Waals surface area contributed by atoms with Gasteiger partial charge in [0.1, 0.15) is 5.75 Å². The van der Waals surface area contributed by atoms with E-state index in [0.717, 1.165) is 25.4 Å². The standard InChI is InChI=1S/C18H23NO2/c1-20-13-15-7-8-19(12-15)11-14-3-4-17-10-18(21-2)6-5-16(17)9-14/h3-6,9-10,15H,7-8,11-13H2,1-2H3. The van der Waals surface area contributed by atoms with Gasteiger partial charge in [-0.25, -0.2) is 0 Å². The Hall–Kier alpha value is -1.58. The van der Waals surface area contributed by atoms with Crippen molar-refractivity contribution in [2.75, 3.05) is 33.9 Å². The fraction of sp³-hybridized carbons (Fsp3) is 0.444. The monoisotopic (exact) mass is 285 g/mol. The molecule has 0 aliphatic carbocycles. The molecule has 21 heavy (non-hydrogen) atoms. The van der Waals surface area contributed by atoms with Crippen LogP contribution in [0.4, 0.5) is 0 Å². The minimum Gasteiger partial charge on any atom is -0.497 e. The fourth-order valence-electron chi connectivity index (χ4n) is 3.19. The van der Waals surface area contributed by atoms with Gasteiger partial charge in [0.25, 0.3) is 0 Å². The molecular formula is C18H23NO2. The maximum absolute atomic E-state index is 5.27. The second-order valence-electron chi connectivity index (χ2n) is 5.89. The van der Waals surface area contributed by atoms with Gasteiger partial charge in [-0.2, -0.15) is 0 Å². The van der Waals surface area contributed by atoms with E-state index in [9.17, 15) is 0 Å². The van der Waals surface area contributed by atoms with Crippen molar-refractivity contribution in [3.8, 4) is 5.75 Å². The Morgan fingerprint density at radius 2 is 1.90 bits per heavy atom. The van der Waals surface area contributed by atoms with Gasteiger partial charge in [-0.1, -0.05) is 18.2 Å². The number of hydrogen-bond acceptors (Lipinski definition) is 3. The first-order valence-electron chi connectivity index (χ1n) is 7.56. The van der Waals surface area contributed by atoms with Crippen molar-refractivity contribution in [2.24, 2.45) is 5.92 Å². The van der Waals surface area contributed by atoms with E-state index in [2.05, 4.69) is 35.2 Å². The molecule has 0 amide bonds. The molecule has 0 bridgehead atoms. The molecule has 3 nitrogen and oxygen atoms in total. The van der Waals surface area contributed by atoms with Crippen LogP contribution >= 0.6 is 0 Å². The highest BCUT2D eigenvalue weighted by Gasteiger charge is 2.22. The quantitative estimate of drug-likeness (QED) is 0.841. The number of fused-ring (bicyclic) bond motifs is 1. The third-order valence-electron chi connectivity index (χ3n) is 4.29. The molecule has 1 saturated heterocycles. The van der Waals surface area contributed by atoms with E-state index in [0.29, 0.717) is 5.92 Å². The number of benzene rings is 2. The molecule has 2 aromatic carbocycles. The van der Waals surface area contributed by atoms with Crippen LogP contribution in [-0.2, 0) is 11.3 Å². The largest absolute Gasteiger partial charge is 0.497 e. The van der Waals surface area contributed by atoms with Crippen molar-refractivity contribution in [1.29, 1.82) is 0 Å². The van der Waals surface area contributed by atoms with Gasteiger partial charge in [0.15, 0.2) is 0 Å². The Morgan fingerprint density at radius 1 is 1.10 bits per heavy atom. The zero-order valence-corrected chi connectivity index (χ0v) is 12.8. The molecule has 3 rings (SSSR count). The van der Waals surface area contributed by atoms with Gasteiger partial charge >= 0.3 is 0 Å². The SMILES string of the molecule is COCC1CCN(Cc2ccc3cc(OC)ccc3c2)C1. The van der Waals surface area contributed by atoms with E-state index in [1.54, 1.807) is 14.2 Å². The van der Waals surface area contributed by atoms with Gasteiger partial charge in [-0.3, -0.25) is 4.90 Å². The Balaban J connectivity index is 1.70. The molecule has 1 unspecified atom stereocenters. The summed E-state index contributed by atoms with van der Waals surface area (Å²) < 4.78 is 10.5. The lowest BCUT2D eigenvalue weighted by atomic mass is 10.1. The van der Waals surface area contributed by atoms with Gasteiger partial charge in [0.05, 0.1) is 13.7 Å². The maximum atomic E-state index is 5.27. The van der Waals surface area contributed by atoms with E-state index in [-0.39, 0.29) is 0 Å². The second-order valence-corrected chi connectivity index (χ2v) is 5.89. The van der Waals surface area contributed by atoms with Crippen LogP contribution in [0.3, 0.4) is 0 Å². The summed E-state index contributed by atoms with van der Waals surface area (Å²) in [5.41, 5.74) is 1.38. The third kappa shape index (κ3) is 3.36. The normalized spacial score (nSPS) is 19.2. The Morgan fingerprint density at radius 3 is 2.71 bits per heavy atom. The van der Waals surface area contributed by atoms with Crippen molar-refractivity contribution >= 4 is 10.8 Å². The van der Waals surface area contributed by atoms with Gasteiger partial charge in [0.2, 0.25) is 0 Å². The van der Waals surface area contributed by atoms with E-state index in [1.165, 1.54) is 29.3 Å². The molecule has 1 atom stereocenters. The predicted molar refractivity (Wildman–Crippen MR) is 85.8 cm³/mol. The molecule has 3 heteroatoms. The lowest BCUT2D eigenvalue weighted by Crippen LogP contribution is -2.21. The first-order chi connectivity index (χ1) is 10.3. The van der Waals surface area contributed by atoms with E-state index < -0.39 is 0 Å². The average Bonchev–Trinajstić information content (AvgIpc) is 2.94. The number of methoxy groups -OCH3 is 2. The Labute approximate surface area is 126 Å². The highest BCUT2D eigenvalue weighted by Crippen LogP contribution is 2.24. The zero-order valence-electron chi connectivity index (χ0n) is 12.8. The number of ether oxygens (including phenoxy) is 2. The Kier molecular flexibility index (Phi) is 4.42. The molecule has 0 saturated carbocycles. The molecule has 0 N–H and O–H groups in total. The smallest absolute Gasteiger partial charge is 0.119 e. The molecule has 1 fully saturated rings. The lowest BCUT2D eigenvalue weighted by molar-refractivity contribution is 0.152. The maximum Gasteiger partial charge on any atom is 0.119 e. The minimum atomic E-state index is 0.694. The Bertz CT molecular complexity index is 611. The molecule has 1 aliphatic rings. The lowest BCUT2D eigenvalue weighted by Gasteiger charge is -2.16. The van der Waals surface area contributed by atoms with E-state index in [1.807, 2.05) is 6.07 Å². The van der Waals surface area contributed by atoms with Crippen LogP contribution in [0.25, 0.3) is 10.8 Å². The van der Waals surface area contributed by atoms with Crippen LogP contribution in [0.2, 0.25) is 0 Å². The van der Waals surface area contributed by atoms with E-state index in [4.69, 9.17) is 9.47 Å². The molecular weight excluding hydrogens is 262 g/mol. The van der Waals surface area contributed by atoms with Crippen molar-refractivity contribution in [3.05, 3.63) is 42.0 Å². The highest BCUT2D eigenvalue weighted by atomic mass is 16.5. The number of nitrogens with zero attached hydrogens (tertiary/aromatic N) is 1. The molecule has 1 aliphatic heterocycles. The topological polar surface area (TPSA) is 21.7 Å².